The molecule has 3 rings (SSSR count). The van der Waals surface area contributed by atoms with Crippen LogP contribution in [0.15, 0.2) is 24.5 Å². The molecule has 2 atom stereocenters. The second kappa shape index (κ2) is 9.40. The molecule has 1 N–H and O–H groups in total. The van der Waals surface area contributed by atoms with Crippen LogP contribution in [0.3, 0.4) is 0 Å². The molecule has 0 unspecified atom stereocenters. The quantitative estimate of drug-likeness (QED) is 0.734. The summed E-state index contributed by atoms with van der Waals surface area (Å²) >= 11 is 0. The molecule has 2 aliphatic rings. The Kier molecular flexibility index (Phi) is 7.63. The molecule has 0 aromatic carbocycles. The van der Waals surface area contributed by atoms with Crippen LogP contribution in [0.2, 0.25) is 0 Å². The lowest BCUT2D eigenvalue weighted by molar-refractivity contribution is -0.192. The molecule has 1 aliphatic carbocycles. The average molecular weight is 438 g/mol. The van der Waals surface area contributed by atoms with Crippen molar-refractivity contribution in [3.05, 3.63) is 30.1 Å². The summed E-state index contributed by atoms with van der Waals surface area (Å²) in [5, 5.41) is 7.12. The molecular formula is C18H25F3N2O5S. The number of alkyl halides is 3. The first-order valence-electron chi connectivity index (χ1n) is 9.25. The van der Waals surface area contributed by atoms with Gasteiger partial charge in [-0.05, 0) is 43.4 Å². The first-order valence-corrected chi connectivity index (χ1v) is 10.9. The summed E-state index contributed by atoms with van der Waals surface area (Å²) in [7, 11) is -3.09. The molecule has 0 radical (unpaired) electrons. The third-order valence-electron chi connectivity index (χ3n) is 5.42. The number of pyridine rings is 1. The maximum absolute atomic E-state index is 12.1. The number of carboxylic acid groups (broad SMARTS) is 1. The highest BCUT2D eigenvalue weighted by atomic mass is 32.2. The van der Waals surface area contributed by atoms with Gasteiger partial charge in [0.2, 0.25) is 10.0 Å². The van der Waals surface area contributed by atoms with E-state index in [0.717, 1.165) is 18.4 Å². The number of aliphatic carboxylic acids is 1. The SMILES string of the molecule is CCS(=O)(=O)N1C[C@H]2CCC[C@@]2(COCc2ccncc2)C1.O=C(O)C(F)(F)F. The molecule has 2 heterocycles. The normalized spacial score (nSPS) is 24.6. The van der Waals surface area contributed by atoms with Gasteiger partial charge in [-0.1, -0.05) is 6.42 Å². The standard InChI is InChI=1S/C16H24N2O3S.C2HF3O2/c1-2-22(19,20)18-10-15-4-3-7-16(15,12-18)13-21-11-14-5-8-17-9-6-14;3-2(4,5)1(6)7/h5-6,8-9,15H,2-4,7,10-13H2,1H3;(H,6,7)/t15-,16+;/m1./s1. The lowest BCUT2D eigenvalue weighted by Crippen LogP contribution is -2.35. The molecule has 29 heavy (non-hydrogen) atoms. The van der Waals surface area contributed by atoms with Crippen molar-refractivity contribution in [2.45, 2.75) is 39.0 Å². The van der Waals surface area contributed by atoms with Crippen LogP contribution < -0.4 is 0 Å². The van der Waals surface area contributed by atoms with Crippen LogP contribution in [-0.4, -0.2) is 60.4 Å². The minimum Gasteiger partial charge on any atom is -0.475 e. The molecule has 0 spiro atoms. The molecule has 2 fully saturated rings. The minimum atomic E-state index is -5.08. The summed E-state index contributed by atoms with van der Waals surface area (Å²) in [5.41, 5.74) is 1.13. The van der Waals surface area contributed by atoms with Gasteiger partial charge >= 0.3 is 12.1 Å². The van der Waals surface area contributed by atoms with Gasteiger partial charge in [-0.15, -0.1) is 0 Å². The van der Waals surface area contributed by atoms with Crippen LogP contribution in [0.25, 0.3) is 0 Å². The van der Waals surface area contributed by atoms with Gasteiger partial charge in [0, 0.05) is 30.9 Å². The fourth-order valence-corrected chi connectivity index (χ4v) is 5.07. The first-order chi connectivity index (χ1) is 13.5. The van der Waals surface area contributed by atoms with Crippen molar-refractivity contribution in [3.8, 4) is 0 Å². The number of hydrogen-bond acceptors (Lipinski definition) is 5. The Bertz CT molecular complexity index is 788. The van der Waals surface area contributed by atoms with Crippen LogP contribution in [-0.2, 0) is 26.2 Å². The summed E-state index contributed by atoms with van der Waals surface area (Å²) in [4.78, 5) is 12.9. The van der Waals surface area contributed by atoms with Gasteiger partial charge in [0.15, 0.2) is 0 Å². The Morgan fingerprint density at radius 2 is 2.00 bits per heavy atom. The van der Waals surface area contributed by atoms with Crippen molar-refractivity contribution < 1.29 is 36.2 Å². The maximum atomic E-state index is 12.1. The summed E-state index contributed by atoms with van der Waals surface area (Å²) in [6.07, 6.45) is 1.82. The molecule has 1 saturated carbocycles. The van der Waals surface area contributed by atoms with E-state index in [1.54, 1.807) is 23.6 Å². The number of rotatable bonds is 6. The smallest absolute Gasteiger partial charge is 0.475 e. The Balaban J connectivity index is 0.000000370. The molecule has 0 amide bonds. The van der Waals surface area contributed by atoms with E-state index in [1.165, 1.54) is 6.42 Å². The Morgan fingerprint density at radius 3 is 2.55 bits per heavy atom. The molecule has 1 aromatic rings. The molecule has 0 bridgehead atoms. The van der Waals surface area contributed by atoms with Gasteiger partial charge in [-0.2, -0.15) is 13.2 Å². The van der Waals surface area contributed by atoms with Crippen LogP contribution in [0, 0.1) is 11.3 Å². The van der Waals surface area contributed by atoms with Gasteiger partial charge in [0.1, 0.15) is 0 Å². The topological polar surface area (TPSA) is 96.8 Å². The van der Waals surface area contributed by atoms with E-state index in [2.05, 4.69) is 4.98 Å². The summed E-state index contributed by atoms with van der Waals surface area (Å²) in [6, 6.07) is 3.90. The highest BCUT2D eigenvalue weighted by Gasteiger charge is 2.52. The van der Waals surface area contributed by atoms with Crippen molar-refractivity contribution in [3.63, 3.8) is 0 Å². The number of halogens is 3. The van der Waals surface area contributed by atoms with E-state index in [9.17, 15) is 21.6 Å². The lowest BCUT2D eigenvalue weighted by atomic mass is 9.82. The Labute approximate surface area is 167 Å². The Morgan fingerprint density at radius 1 is 1.38 bits per heavy atom. The summed E-state index contributed by atoms with van der Waals surface area (Å²) < 4.78 is 63.7. The highest BCUT2D eigenvalue weighted by Crippen LogP contribution is 2.49. The zero-order chi connectivity index (χ0) is 21.7. The van der Waals surface area contributed by atoms with E-state index in [-0.39, 0.29) is 11.2 Å². The number of hydrogen-bond donors (Lipinski definition) is 1. The van der Waals surface area contributed by atoms with E-state index in [1.807, 2.05) is 12.1 Å². The predicted octanol–water partition coefficient (Wildman–Crippen LogP) is 2.68. The van der Waals surface area contributed by atoms with Crippen LogP contribution >= 0.6 is 0 Å². The molecule has 164 valence electrons. The monoisotopic (exact) mass is 438 g/mol. The third kappa shape index (κ3) is 6.13. The molecule has 1 aromatic heterocycles. The predicted molar refractivity (Wildman–Crippen MR) is 98.4 cm³/mol. The van der Waals surface area contributed by atoms with Gasteiger partial charge in [-0.3, -0.25) is 4.98 Å². The first kappa shape index (κ1) is 23.6. The fraction of sp³-hybridized carbons (Fsp3) is 0.667. The Hall–Kier alpha value is -1.72. The number of carbonyl (C=O) groups is 1. The molecular weight excluding hydrogens is 413 g/mol. The van der Waals surface area contributed by atoms with Crippen molar-refractivity contribution in [1.29, 1.82) is 0 Å². The van der Waals surface area contributed by atoms with Gasteiger partial charge in [-0.25, -0.2) is 17.5 Å². The van der Waals surface area contributed by atoms with E-state index < -0.39 is 22.2 Å². The van der Waals surface area contributed by atoms with Gasteiger partial charge < -0.3 is 9.84 Å². The molecule has 1 saturated heterocycles. The van der Waals surface area contributed by atoms with E-state index in [4.69, 9.17) is 14.6 Å². The van der Waals surface area contributed by atoms with Crippen molar-refractivity contribution >= 4 is 16.0 Å². The van der Waals surface area contributed by atoms with E-state index in [0.29, 0.717) is 32.2 Å². The number of ether oxygens (including phenoxy) is 1. The number of fused-ring (bicyclic) bond motifs is 1. The lowest BCUT2D eigenvalue weighted by Gasteiger charge is -2.28. The molecule has 7 nitrogen and oxygen atoms in total. The summed E-state index contributed by atoms with van der Waals surface area (Å²) in [5.74, 6) is -2.12. The van der Waals surface area contributed by atoms with Crippen LogP contribution in [0.1, 0.15) is 31.7 Å². The second-order valence-corrected chi connectivity index (χ2v) is 9.55. The summed E-state index contributed by atoms with van der Waals surface area (Å²) in [6.45, 7) is 4.24. The van der Waals surface area contributed by atoms with Crippen molar-refractivity contribution in [2.24, 2.45) is 11.3 Å². The zero-order valence-electron chi connectivity index (χ0n) is 16.1. The number of aromatic nitrogens is 1. The second-order valence-electron chi connectivity index (χ2n) is 7.30. The van der Waals surface area contributed by atoms with Gasteiger partial charge in [0.25, 0.3) is 0 Å². The third-order valence-corrected chi connectivity index (χ3v) is 7.21. The van der Waals surface area contributed by atoms with E-state index >= 15 is 0 Å². The highest BCUT2D eigenvalue weighted by molar-refractivity contribution is 7.89. The van der Waals surface area contributed by atoms with Crippen molar-refractivity contribution in [2.75, 3.05) is 25.4 Å². The fourth-order valence-electron chi connectivity index (χ4n) is 3.85. The van der Waals surface area contributed by atoms with Crippen LogP contribution in [0.4, 0.5) is 13.2 Å². The number of carboxylic acids is 1. The molecule has 11 heteroatoms. The van der Waals surface area contributed by atoms with Crippen molar-refractivity contribution in [1.82, 2.24) is 9.29 Å². The molecule has 1 aliphatic heterocycles. The average Bonchev–Trinajstić information content (AvgIpc) is 3.20. The number of sulfonamides is 1. The minimum absolute atomic E-state index is 0.0231. The van der Waals surface area contributed by atoms with Crippen LogP contribution in [0.5, 0.6) is 0 Å². The zero-order valence-corrected chi connectivity index (χ0v) is 16.9. The largest absolute Gasteiger partial charge is 0.490 e. The van der Waals surface area contributed by atoms with Gasteiger partial charge in [0.05, 0.1) is 19.0 Å². The number of nitrogens with zero attached hydrogens (tertiary/aromatic N) is 2. The maximum Gasteiger partial charge on any atom is 0.490 e.